The van der Waals surface area contributed by atoms with Crippen LogP contribution in [0.25, 0.3) is 0 Å². The summed E-state index contributed by atoms with van der Waals surface area (Å²) < 4.78 is 0. The number of carboxylic acid groups (broad SMARTS) is 1. The van der Waals surface area contributed by atoms with Crippen molar-refractivity contribution >= 4 is 17.7 Å². The van der Waals surface area contributed by atoms with Gasteiger partial charge in [0.15, 0.2) is 0 Å². The van der Waals surface area contributed by atoms with Gasteiger partial charge in [-0.15, -0.1) is 0 Å². The Morgan fingerprint density at radius 3 is 2.60 bits per heavy atom. The molecule has 0 spiro atoms. The highest BCUT2D eigenvalue weighted by molar-refractivity contribution is 6.30. The van der Waals surface area contributed by atoms with Gasteiger partial charge in [0.05, 0.1) is 6.07 Å². The average molecular weight is 225 g/mol. The monoisotopic (exact) mass is 224 g/mol. The van der Waals surface area contributed by atoms with Gasteiger partial charge >= 0.3 is 6.09 Å². The van der Waals surface area contributed by atoms with Gasteiger partial charge in [-0.25, -0.2) is 4.79 Å². The van der Waals surface area contributed by atoms with Crippen LogP contribution in [0.3, 0.4) is 0 Å². The van der Waals surface area contributed by atoms with Gasteiger partial charge in [0.2, 0.25) is 0 Å². The molecule has 0 bridgehead atoms. The van der Waals surface area contributed by atoms with Gasteiger partial charge in [0, 0.05) is 11.4 Å². The van der Waals surface area contributed by atoms with Gasteiger partial charge in [-0.1, -0.05) is 23.7 Å². The van der Waals surface area contributed by atoms with E-state index in [4.69, 9.17) is 22.0 Å². The predicted octanol–water partition coefficient (Wildman–Crippen LogP) is 2.04. The maximum Gasteiger partial charge on any atom is 0.405 e. The summed E-state index contributed by atoms with van der Waals surface area (Å²) in [6, 6.07) is 8.06. The Kier molecular flexibility index (Phi) is 3.95. The fraction of sp³-hybridized carbons (Fsp3) is 0.200. The van der Waals surface area contributed by atoms with E-state index in [0.29, 0.717) is 11.4 Å². The molecule has 4 nitrogen and oxygen atoms in total. The van der Waals surface area contributed by atoms with Crippen LogP contribution in [0, 0.1) is 11.3 Å². The molecule has 15 heavy (non-hydrogen) atoms. The van der Waals surface area contributed by atoms with Gasteiger partial charge in [-0.2, -0.15) is 5.26 Å². The molecule has 0 aliphatic heterocycles. The molecular formula is C10H9ClN2O2. The van der Waals surface area contributed by atoms with Crippen LogP contribution in [-0.4, -0.2) is 17.2 Å². The summed E-state index contributed by atoms with van der Waals surface area (Å²) in [4.78, 5) is 10.3. The lowest BCUT2D eigenvalue weighted by Gasteiger charge is -2.08. The number of halogens is 1. The molecule has 0 saturated carbocycles. The van der Waals surface area contributed by atoms with Crippen LogP contribution < -0.4 is 5.32 Å². The first-order chi connectivity index (χ1) is 7.11. The Bertz CT molecular complexity index is 383. The summed E-state index contributed by atoms with van der Waals surface area (Å²) in [5, 5.41) is 19.9. The Hall–Kier alpha value is -1.73. The number of nitrogens with zero attached hydrogens (tertiary/aromatic N) is 1. The molecule has 78 valence electrons. The summed E-state index contributed by atoms with van der Waals surface area (Å²) >= 11 is 5.69. The van der Waals surface area contributed by atoms with Crippen LogP contribution in [0.15, 0.2) is 24.3 Å². The van der Waals surface area contributed by atoms with Crippen molar-refractivity contribution in [3.05, 3.63) is 34.9 Å². The van der Waals surface area contributed by atoms with Crippen LogP contribution in [-0.2, 0) is 6.42 Å². The molecule has 1 atom stereocenters. The van der Waals surface area contributed by atoms with E-state index >= 15 is 0 Å². The average Bonchev–Trinajstić information content (AvgIpc) is 2.19. The van der Waals surface area contributed by atoms with Crippen LogP contribution in [0.2, 0.25) is 5.02 Å². The smallest absolute Gasteiger partial charge is 0.405 e. The number of rotatable bonds is 3. The van der Waals surface area contributed by atoms with Crippen LogP contribution in [0.5, 0.6) is 0 Å². The fourth-order valence-electron chi connectivity index (χ4n) is 1.13. The van der Waals surface area contributed by atoms with Crippen LogP contribution >= 0.6 is 11.6 Å². The third-order valence-corrected chi connectivity index (χ3v) is 2.06. The van der Waals surface area contributed by atoms with Gasteiger partial charge in [-0.05, 0) is 17.7 Å². The largest absolute Gasteiger partial charge is 0.465 e. The molecule has 1 aromatic rings. The lowest BCUT2D eigenvalue weighted by Crippen LogP contribution is -2.33. The standard InChI is InChI=1S/C10H9ClN2O2/c11-8-3-1-7(2-4-8)5-9(6-12)13-10(14)15/h1-4,9,13H,5H2,(H,14,15)/t9-/m0/s1. The van der Waals surface area contributed by atoms with E-state index in [-0.39, 0.29) is 0 Å². The molecule has 5 heteroatoms. The Labute approximate surface area is 92.1 Å². The van der Waals surface area contributed by atoms with E-state index in [1.807, 2.05) is 6.07 Å². The van der Waals surface area contributed by atoms with Crippen molar-refractivity contribution in [3.63, 3.8) is 0 Å². The van der Waals surface area contributed by atoms with E-state index in [2.05, 4.69) is 5.32 Å². The number of nitriles is 1. The highest BCUT2D eigenvalue weighted by Gasteiger charge is 2.10. The van der Waals surface area contributed by atoms with Crippen molar-refractivity contribution in [2.24, 2.45) is 0 Å². The van der Waals surface area contributed by atoms with E-state index in [0.717, 1.165) is 5.56 Å². The second-order valence-electron chi connectivity index (χ2n) is 2.96. The molecule has 0 aliphatic carbocycles. The number of carbonyl (C=O) groups is 1. The normalized spacial score (nSPS) is 11.5. The van der Waals surface area contributed by atoms with Crippen molar-refractivity contribution in [1.82, 2.24) is 5.32 Å². The minimum atomic E-state index is -1.20. The number of amides is 1. The summed E-state index contributed by atoms with van der Waals surface area (Å²) in [7, 11) is 0. The fourth-order valence-corrected chi connectivity index (χ4v) is 1.26. The van der Waals surface area contributed by atoms with E-state index < -0.39 is 12.1 Å². The molecule has 0 aromatic heterocycles. The van der Waals surface area contributed by atoms with Crippen molar-refractivity contribution in [2.45, 2.75) is 12.5 Å². The van der Waals surface area contributed by atoms with Gasteiger partial charge in [0.1, 0.15) is 6.04 Å². The van der Waals surface area contributed by atoms with Crippen LogP contribution in [0.4, 0.5) is 4.79 Å². The van der Waals surface area contributed by atoms with Crippen LogP contribution in [0.1, 0.15) is 5.56 Å². The lowest BCUT2D eigenvalue weighted by molar-refractivity contribution is 0.192. The molecule has 0 aliphatic rings. The molecule has 1 aromatic carbocycles. The third kappa shape index (κ3) is 3.88. The first kappa shape index (κ1) is 11.3. The zero-order valence-corrected chi connectivity index (χ0v) is 8.53. The second kappa shape index (κ2) is 5.23. The first-order valence-electron chi connectivity index (χ1n) is 4.25. The number of hydrogen-bond acceptors (Lipinski definition) is 2. The maximum absolute atomic E-state index is 10.3. The minimum Gasteiger partial charge on any atom is -0.465 e. The summed E-state index contributed by atoms with van der Waals surface area (Å²) in [5.74, 6) is 0. The summed E-state index contributed by atoms with van der Waals surface area (Å²) in [6.07, 6.45) is -0.865. The highest BCUT2D eigenvalue weighted by atomic mass is 35.5. The first-order valence-corrected chi connectivity index (χ1v) is 4.63. The summed E-state index contributed by atoms with van der Waals surface area (Å²) in [6.45, 7) is 0. The zero-order valence-electron chi connectivity index (χ0n) is 7.77. The summed E-state index contributed by atoms with van der Waals surface area (Å²) in [5.41, 5.74) is 0.861. The van der Waals surface area contributed by atoms with Crippen molar-refractivity contribution in [1.29, 1.82) is 5.26 Å². The molecule has 0 saturated heterocycles. The number of hydrogen-bond donors (Lipinski definition) is 2. The van der Waals surface area contributed by atoms with E-state index in [1.54, 1.807) is 24.3 Å². The predicted molar refractivity (Wildman–Crippen MR) is 55.7 cm³/mol. The van der Waals surface area contributed by atoms with Gasteiger partial charge < -0.3 is 10.4 Å². The molecule has 2 N–H and O–H groups in total. The number of benzene rings is 1. The third-order valence-electron chi connectivity index (χ3n) is 1.81. The van der Waals surface area contributed by atoms with Crippen molar-refractivity contribution in [2.75, 3.05) is 0 Å². The van der Waals surface area contributed by atoms with Gasteiger partial charge in [-0.3, -0.25) is 0 Å². The lowest BCUT2D eigenvalue weighted by atomic mass is 10.1. The zero-order chi connectivity index (χ0) is 11.3. The Balaban J connectivity index is 2.63. The van der Waals surface area contributed by atoms with E-state index in [9.17, 15) is 4.79 Å². The second-order valence-corrected chi connectivity index (χ2v) is 3.40. The molecule has 0 heterocycles. The SMILES string of the molecule is N#C[C@H](Cc1ccc(Cl)cc1)NC(=O)O. The van der Waals surface area contributed by atoms with Crippen molar-refractivity contribution in [3.8, 4) is 6.07 Å². The maximum atomic E-state index is 10.3. The van der Waals surface area contributed by atoms with E-state index in [1.165, 1.54) is 0 Å². The quantitative estimate of drug-likeness (QED) is 0.825. The minimum absolute atomic E-state index is 0.333. The molecule has 1 amide bonds. The molecule has 0 fully saturated rings. The molecule has 1 rings (SSSR count). The molecular weight excluding hydrogens is 216 g/mol. The molecule has 0 unspecified atom stereocenters. The Morgan fingerprint density at radius 1 is 1.53 bits per heavy atom. The Morgan fingerprint density at radius 2 is 2.13 bits per heavy atom. The topological polar surface area (TPSA) is 73.1 Å². The van der Waals surface area contributed by atoms with Gasteiger partial charge in [0.25, 0.3) is 0 Å². The highest BCUT2D eigenvalue weighted by Crippen LogP contribution is 2.10. The molecule has 0 radical (unpaired) electrons. The van der Waals surface area contributed by atoms with Crippen molar-refractivity contribution < 1.29 is 9.90 Å². The number of nitrogens with one attached hydrogen (secondary N) is 1.